The Bertz CT molecular complexity index is 744. The van der Waals surface area contributed by atoms with Crippen molar-refractivity contribution in [3.63, 3.8) is 0 Å². The number of aliphatic hydroxyl groups excluding tert-OH is 1. The van der Waals surface area contributed by atoms with Gasteiger partial charge in [0.05, 0.1) is 6.10 Å². The van der Waals surface area contributed by atoms with E-state index in [1.54, 1.807) is 24.3 Å². The Morgan fingerprint density at radius 1 is 1.24 bits per heavy atom. The van der Waals surface area contributed by atoms with Crippen molar-refractivity contribution >= 4 is 16.7 Å². The molecule has 0 aliphatic rings. The van der Waals surface area contributed by atoms with Gasteiger partial charge in [-0.25, -0.2) is 5.48 Å². The average Bonchev–Trinajstić information content (AvgIpc) is 2.64. The summed E-state index contributed by atoms with van der Waals surface area (Å²) < 4.78 is 5.67. The SMILES string of the molecule is CCO[C@H](CC/C=C/C(=O)NO)[C@H](O)c1ccc(O)c2ccccc12. The van der Waals surface area contributed by atoms with Crippen LogP contribution in [0, 0.1) is 0 Å². The van der Waals surface area contributed by atoms with Crippen molar-refractivity contribution in [3.05, 3.63) is 54.1 Å². The smallest absolute Gasteiger partial charge is 0.267 e. The van der Waals surface area contributed by atoms with E-state index in [1.165, 1.54) is 11.6 Å². The fourth-order valence-corrected chi connectivity index (χ4v) is 2.80. The maximum Gasteiger partial charge on any atom is 0.267 e. The third kappa shape index (κ3) is 4.79. The van der Waals surface area contributed by atoms with Crippen molar-refractivity contribution in [1.82, 2.24) is 5.48 Å². The Morgan fingerprint density at radius 2 is 1.96 bits per heavy atom. The van der Waals surface area contributed by atoms with Crippen LogP contribution in [0.25, 0.3) is 10.8 Å². The quantitative estimate of drug-likeness (QED) is 0.335. The minimum absolute atomic E-state index is 0.164. The van der Waals surface area contributed by atoms with E-state index >= 15 is 0 Å². The zero-order valence-electron chi connectivity index (χ0n) is 14.1. The first-order chi connectivity index (χ1) is 12.1. The number of benzene rings is 2. The van der Waals surface area contributed by atoms with E-state index in [9.17, 15) is 15.0 Å². The van der Waals surface area contributed by atoms with E-state index in [2.05, 4.69) is 0 Å². The minimum Gasteiger partial charge on any atom is -0.507 e. The van der Waals surface area contributed by atoms with Gasteiger partial charge in [0.2, 0.25) is 0 Å². The van der Waals surface area contributed by atoms with Crippen LogP contribution in [0.1, 0.15) is 31.4 Å². The highest BCUT2D eigenvalue weighted by atomic mass is 16.5. The molecule has 2 rings (SSSR count). The lowest BCUT2D eigenvalue weighted by Gasteiger charge is -2.24. The molecule has 6 nitrogen and oxygen atoms in total. The van der Waals surface area contributed by atoms with Gasteiger partial charge in [-0.15, -0.1) is 0 Å². The molecule has 0 fully saturated rings. The lowest BCUT2D eigenvalue weighted by molar-refractivity contribution is -0.124. The van der Waals surface area contributed by atoms with Crippen LogP contribution in [0.5, 0.6) is 5.75 Å². The highest BCUT2D eigenvalue weighted by molar-refractivity contribution is 5.91. The molecule has 0 unspecified atom stereocenters. The molecule has 0 aromatic heterocycles. The molecule has 0 heterocycles. The first kappa shape index (κ1) is 18.9. The number of ether oxygens (including phenoxy) is 1. The number of amides is 1. The Kier molecular flexibility index (Phi) is 6.94. The summed E-state index contributed by atoms with van der Waals surface area (Å²) in [6.07, 6.45) is 2.51. The van der Waals surface area contributed by atoms with Gasteiger partial charge in [0.1, 0.15) is 11.9 Å². The average molecular weight is 345 g/mol. The number of hydrogen-bond donors (Lipinski definition) is 4. The first-order valence-corrected chi connectivity index (χ1v) is 8.19. The summed E-state index contributed by atoms with van der Waals surface area (Å²) in [4.78, 5) is 11.0. The summed E-state index contributed by atoms with van der Waals surface area (Å²) in [5, 5.41) is 30.7. The molecule has 2 aromatic rings. The number of nitrogens with one attached hydrogen (secondary N) is 1. The van der Waals surface area contributed by atoms with Gasteiger partial charge >= 0.3 is 0 Å². The van der Waals surface area contributed by atoms with Crippen molar-refractivity contribution in [2.75, 3.05) is 6.61 Å². The summed E-state index contributed by atoms with van der Waals surface area (Å²) >= 11 is 0. The molecule has 0 aliphatic carbocycles. The van der Waals surface area contributed by atoms with Crippen molar-refractivity contribution in [2.45, 2.75) is 32.0 Å². The van der Waals surface area contributed by atoms with Crippen LogP contribution in [-0.4, -0.2) is 34.0 Å². The number of carbonyl (C=O) groups is 1. The van der Waals surface area contributed by atoms with Crippen LogP contribution >= 0.6 is 0 Å². The zero-order chi connectivity index (χ0) is 18.2. The zero-order valence-corrected chi connectivity index (χ0v) is 14.1. The van der Waals surface area contributed by atoms with E-state index in [0.717, 1.165) is 5.39 Å². The number of phenolic OH excluding ortho intramolecular Hbond substituents is 1. The lowest BCUT2D eigenvalue weighted by Crippen LogP contribution is -2.22. The van der Waals surface area contributed by atoms with E-state index in [0.29, 0.717) is 30.4 Å². The van der Waals surface area contributed by atoms with Crippen LogP contribution in [0.4, 0.5) is 0 Å². The van der Waals surface area contributed by atoms with Gasteiger partial charge in [-0.2, -0.15) is 0 Å². The first-order valence-electron chi connectivity index (χ1n) is 8.19. The van der Waals surface area contributed by atoms with Crippen molar-refractivity contribution in [2.24, 2.45) is 0 Å². The molecular formula is C19H23NO5. The standard InChI is InChI=1S/C19H23NO5/c1-2-25-17(9-5-6-10-18(22)20-24)19(23)15-11-12-16(21)14-8-4-3-7-13(14)15/h3-4,6-8,10-12,17,19,21,23-24H,2,5,9H2,1H3,(H,20,22)/b10-6+/t17-,19-/m1/s1. The summed E-state index contributed by atoms with van der Waals surface area (Å²) in [6, 6.07) is 10.6. The number of allylic oxidation sites excluding steroid dienone is 1. The molecule has 0 bridgehead atoms. The van der Waals surface area contributed by atoms with E-state index < -0.39 is 18.1 Å². The largest absolute Gasteiger partial charge is 0.507 e. The van der Waals surface area contributed by atoms with Crippen LogP contribution in [0.15, 0.2) is 48.6 Å². The van der Waals surface area contributed by atoms with Crippen LogP contribution in [-0.2, 0) is 9.53 Å². The number of aromatic hydroxyl groups is 1. The Hall–Kier alpha value is -2.41. The van der Waals surface area contributed by atoms with Gasteiger partial charge < -0.3 is 14.9 Å². The van der Waals surface area contributed by atoms with Crippen molar-refractivity contribution in [1.29, 1.82) is 0 Å². The molecule has 0 spiro atoms. The second-order valence-corrected chi connectivity index (χ2v) is 5.61. The number of aliphatic hydroxyl groups is 1. The molecule has 1 amide bonds. The molecule has 25 heavy (non-hydrogen) atoms. The fraction of sp³-hybridized carbons (Fsp3) is 0.316. The second kappa shape index (κ2) is 9.17. The summed E-state index contributed by atoms with van der Waals surface area (Å²) in [5.74, 6) is -0.435. The van der Waals surface area contributed by atoms with Gasteiger partial charge in [-0.3, -0.25) is 10.0 Å². The highest BCUT2D eigenvalue weighted by Crippen LogP contribution is 2.33. The normalized spacial score (nSPS) is 13.9. The summed E-state index contributed by atoms with van der Waals surface area (Å²) in [7, 11) is 0. The fourth-order valence-electron chi connectivity index (χ4n) is 2.80. The topological polar surface area (TPSA) is 99.0 Å². The number of hydroxylamine groups is 1. The maximum atomic E-state index is 11.0. The van der Waals surface area contributed by atoms with Gasteiger partial charge in [0, 0.05) is 18.1 Å². The van der Waals surface area contributed by atoms with Gasteiger partial charge in [-0.1, -0.05) is 36.4 Å². The molecule has 134 valence electrons. The molecular weight excluding hydrogens is 322 g/mol. The monoisotopic (exact) mass is 345 g/mol. The number of hydrogen-bond acceptors (Lipinski definition) is 5. The van der Waals surface area contributed by atoms with Gasteiger partial charge in [0.25, 0.3) is 5.91 Å². The maximum absolute atomic E-state index is 11.0. The third-order valence-electron chi connectivity index (χ3n) is 3.98. The third-order valence-corrected chi connectivity index (χ3v) is 3.98. The number of phenols is 1. The molecule has 2 atom stereocenters. The second-order valence-electron chi connectivity index (χ2n) is 5.61. The molecule has 0 saturated heterocycles. The lowest BCUT2D eigenvalue weighted by atomic mass is 9.95. The number of carbonyl (C=O) groups excluding carboxylic acids is 1. The Labute approximate surface area is 146 Å². The van der Waals surface area contributed by atoms with Crippen LogP contribution in [0.2, 0.25) is 0 Å². The highest BCUT2D eigenvalue weighted by Gasteiger charge is 2.23. The molecule has 2 aromatic carbocycles. The Balaban J connectivity index is 2.20. The molecule has 0 saturated carbocycles. The van der Waals surface area contributed by atoms with Crippen LogP contribution < -0.4 is 5.48 Å². The molecule has 6 heteroatoms. The summed E-state index contributed by atoms with van der Waals surface area (Å²) in [6.45, 7) is 2.29. The van der Waals surface area contributed by atoms with E-state index in [1.807, 2.05) is 25.1 Å². The minimum atomic E-state index is -0.870. The molecule has 0 radical (unpaired) electrons. The van der Waals surface area contributed by atoms with Crippen molar-refractivity contribution in [3.8, 4) is 5.75 Å². The number of fused-ring (bicyclic) bond motifs is 1. The van der Waals surface area contributed by atoms with Gasteiger partial charge in [-0.05, 0) is 36.8 Å². The molecule has 0 aliphatic heterocycles. The van der Waals surface area contributed by atoms with Crippen molar-refractivity contribution < 1.29 is 25.0 Å². The van der Waals surface area contributed by atoms with Crippen LogP contribution in [0.3, 0.4) is 0 Å². The van der Waals surface area contributed by atoms with Gasteiger partial charge in [0.15, 0.2) is 0 Å². The van der Waals surface area contributed by atoms with E-state index in [-0.39, 0.29) is 5.75 Å². The Morgan fingerprint density at radius 3 is 2.64 bits per heavy atom. The van der Waals surface area contributed by atoms with E-state index in [4.69, 9.17) is 9.94 Å². The molecule has 4 N–H and O–H groups in total. The predicted octanol–water partition coefficient (Wildman–Crippen LogP) is 2.83. The summed E-state index contributed by atoms with van der Waals surface area (Å²) in [5.41, 5.74) is 2.21. The predicted molar refractivity (Wildman–Crippen MR) is 94.3 cm³/mol. The number of rotatable bonds is 8.